The van der Waals surface area contributed by atoms with E-state index < -0.39 is 5.82 Å². The molecule has 0 aliphatic heterocycles. The van der Waals surface area contributed by atoms with Crippen LogP contribution < -0.4 is 22.3 Å². The number of hydrogen-bond donors (Lipinski definition) is 4. The van der Waals surface area contributed by atoms with Crippen LogP contribution in [0.1, 0.15) is 5.56 Å². The molecule has 3 heterocycles. The number of nitrogens with zero attached hydrogens (tertiary/aromatic N) is 5. The number of halogens is 2. The van der Waals surface area contributed by atoms with Gasteiger partial charge in [-0.05, 0) is 24.3 Å². The summed E-state index contributed by atoms with van der Waals surface area (Å²) in [5.41, 5.74) is 20.2. The molecule has 0 bridgehead atoms. The second-order valence-electron chi connectivity index (χ2n) is 7.43. The van der Waals surface area contributed by atoms with E-state index in [9.17, 15) is 8.78 Å². The van der Waals surface area contributed by atoms with Crippen molar-refractivity contribution in [3.8, 4) is 11.5 Å². The third-order valence-electron chi connectivity index (χ3n) is 5.11. The average molecular weight is 459 g/mol. The number of anilines is 4. The number of nitrogens with one attached hydrogen (secondary N) is 2. The number of rotatable bonds is 6. The number of aromatic nitrogens is 5. The zero-order chi connectivity index (χ0) is 23.7. The quantitative estimate of drug-likeness (QED) is 0.282. The Labute approximate surface area is 192 Å². The predicted molar refractivity (Wildman–Crippen MR) is 127 cm³/mol. The second-order valence-corrected chi connectivity index (χ2v) is 7.43. The molecule has 0 aliphatic rings. The zero-order valence-corrected chi connectivity index (χ0v) is 17.7. The van der Waals surface area contributed by atoms with Crippen LogP contribution in [-0.2, 0) is 6.54 Å². The van der Waals surface area contributed by atoms with E-state index in [4.69, 9.17) is 11.5 Å². The Morgan fingerprint density at radius 3 is 2.32 bits per heavy atom. The van der Waals surface area contributed by atoms with Gasteiger partial charge in [0, 0.05) is 5.56 Å². The Morgan fingerprint density at radius 1 is 0.882 bits per heavy atom. The van der Waals surface area contributed by atoms with E-state index in [-0.39, 0.29) is 41.2 Å². The van der Waals surface area contributed by atoms with Gasteiger partial charge in [0.05, 0.1) is 23.8 Å². The molecule has 3 aromatic heterocycles. The number of fused-ring (bicyclic) bond motifs is 1. The van der Waals surface area contributed by atoms with Crippen LogP contribution in [0.4, 0.5) is 31.8 Å². The SMILES string of the molecule is Nc1nc(-c2nn(Cc3ccccc3F)c3ncc(F)cc23)nc(N)c1NNc1ccccc1. The second kappa shape index (κ2) is 8.62. The molecule has 170 valence electrons. The maximum absolute atomic E-state index is 14.2. The van der Waals surface area contributed by atoms with E-state index in [0.717, 1.165) is 11.9 Å². The summed E-state index contributed by atoms with van der Waals surface area (Å²) in [5.74, 6) is -0.740. The molecule has 5 aromatic rings. The van der Waals surface area contributed by atoms with Crippen molar-refractivity contribution >= 4 is 34.0 Å². The van der Waals surface area contributed by atoms with Gasteiger partial charge < -0.3 is 16.9 Å². The van der Waals surface area contributed by atoms with Gasteiger partial charge in [0.15, 0.2) is 23.1 Å². The number of nitrogen functional groups attached to an aromatic ring is 2. The van der Waals surface area contributed by atoms with Crippen LogP contribution in [0.15, 0.2) is 66.9 Å². The summed E-state index contributed by atoms with van der Waals surface area (Å²) in [6.07, 6.45) is 1.07. The van der Waals surface area contributed by atoms with Crippen molar-refractivity contribution in [2.24, 2.45) is 0 Å². The molecule has 11 heteroatoms. The van der Waals surface area contributed by atoms with Crippen LogP contribution in [0.2, 0.25) is 0 Å². The Kier molecular flexibility index (Phi) is 5.34. The Balaban J connectivity index is 1.53. The summed E-state index contributed by atoms with van der Waals surface area (Å²) in [6.45, 7) is 0.0768. The van der Waals surface area contributed by atoms with Gasteiger partial charge in [0.1, 0.15) is 23.0 Å². The third-order valence-corrected chi connectivity index (χ3v) is 5.11. The van der Waals surface area contributed by atoms with Crippen molar-refractivity contribution in [2.75, 3.05) is 22.3 Å². The largest absolute Gasteiger partial charge is 0.382 e. The summed E-state index contributed by atoms with van der Waals surface area (Å²) in [4.78, 5) is 12.8. The van der Waals surface area contributed by atoms with Gasteiger partial charge >= 0.3 is 0 Å². The molecule has 34 heavy (non-hydrogen) atoms. The Morgan fingerprint density at radius 2 is 1.59 bits per heavy atom. The molecule has 0 spiro atoms. The highest BCUT2D eigenvalue weighted by molar-refractivity contribution is 5.90. The number of nitrogens with two attached hydrogens (primary N) is 2. The minimum absolute atomic E-state index is 0.0621. The van der Waals surface area contributed by atoms with E-state index >= 15 is 0 Å². The predicted octanol–water partition coefficient (Wildman–Crippen LogP) is 3.82. The molecule has 0 amide bonds. The van der Waals surface area contributed by atoms with Gasteiger partial charge in [-0.15, -0.1) is 0 Å². The van der Waals surface area contributed by atoms with Gasteiger partial charge in [-0.25, -0.2) is 28.4 Å². The minimum atomic E-state index is -0.564. The number of pyridine rings is 1. The first-order valence-electron chi connectivity index (χ1n) is 10.3. The topological polar surface area (TPSA) is 133 Å². The Hall–Kier alpha value is -4.80. The number of para-hydroxylation sites is 1. The lowest BCUT2D eigenvalue weighted by atomic mass is 10.2. The van der Waals surface area contributed by atoms with Gasteiger partial charge in [0.2, 0.25) is 0 Å². The molecule has 6 N–H and O–H groups in total. The highest BCUT2D eigenvalue weighted by Crippen LogP contribution is 2.30. The number of hydrogen-bond acceptors (Lipinski definition) is 8. The molecule has 0 atom stereocenters. The lowest BCUT2D eigenvalue weighted by molar-refractivity contribution is 0.588. The van der Waals surface area contributed by atoms with Crippen molar-refractivity contribution < 1.29 is 8.78 Å². The molecule has 9 nitrogen and oxygen atoms in total. The molecule has 2 aromatic carbocycles. The fourth-order valence-electron chi connectivity index (χ4n) is 3.48. The first-order chi connectivity index (χ1) is 16.5. The standard InChI is InChI=1S/C23H19F2N9/c24-14-10-16-18(33-34(23(16)28-11-14)12-13-6-4-5-9-17(13)25)22-29-20(26)19(21(27)30-22)32-31-15-7-2-1-3-8-15/h1-11,31-32H,12H2,(H4,26,27,29,30). The zero-order valence-electron chi connectivity index (χ0n) is 17.7. The lowest BCUT2D eigenvalue weighted by Gasteiger charge is -2.13. The highest BCUT2D eigenvalue weighted by atomic mass is 19.1. The van der Waals surface area contributed by atoms with Gasteiger partial charge in [-0.3, -0.25) is 5.43 Å². The number of hydrazine groups is 1. The fourth-order valence-corrected chi connectivity index (χ4v) is 3.48. The molecule has 0 saturated heterocycles. The van der Waals surface area contributed by atoms with E-state index in [2.05, 4.69) is 30.9 Å². The molecule has 0 aliphatic carbocycles. The van der Waals surface area contributed by atoms with Crippen molar-refractivity contribution in [3.05, 3.63) is 84.1 Å². The molecule has 0 unspecified atom stereocenters. The van der Waals surface area contributed by atoms with Crippen LogP contribution in [0.3, 0.4) is 0 Å². The smallest absolute Gasteiger partial charge is 0.184 e. The van der Waals surface area contributed by atoms with E-state index in [0.29, 0.717) is 16.6 Å². The van der Waals surface area contributed by atoms with Gasteiger partial charge in [-0.2, -0.15) is 5.10 Å². The molecular weight excluding hydrogens is 440 g/mol. The monoisotopic (exact) mass is 459 g/mol. The molecule has 5 rings (SSSR count). The van der Waals surface area contributed by atoms with Crippen LogP contribution in [-0.4, -0.2) is 24.7 Å². The van der Waals surface area contributed by atoms with Crippen molar-refractivity contribution in [2.45, 2.75) is 6.54 Å². The van der Waals surface area contributed by atoms with Crippen molar-refractivity contribution in [3.63, 3.8) is 0 Å². The molecule has 0 fully saturated rings. The first kappa shape index (κ1) is 21.1. The average Bonchev–Trinajstić information content (AvgIpc) is 3.18. The van der Waals surface area contributed by atoms with Crippen LogP contribution in [0, 0.1) is 11.6 Å². The maximum atomic E-state index is 14.2. The number of benzene rings is 2. The van der Waals surface area contributed by atoms with E-state index in [1.54, 1.807) is 18.2 Å². The fraction of sp³-hybridized carbons (Fsp3) is 0.0435. The maximum Gasteiger partial charge on any atom is 0.184 e. The Bertz CT molecular complexity index is 1460. The van der Waals surface area contributed by atoms with Crippen molar-refractivity contribution in [1.82, 2.24) is 24.7 Å². The lowest BCUT2D eigenvalue weighted by Crippen LogP contribution is -2.14. The summed E-state index contributed by atoms with van der Waals surface area (Å²) in [6, 6.07) is 16.9. The first-order valence-corrected chi connectivity index (χ1v) is 10.3. The summed E-state index contributed by atoms with van der Waals surface area (Å²) in [7, 11) is 0. The van der Waals surface area contributed by atoms with E-state index in [1.165, 1.54) is 16.8 Å². The molecule has 0 saturated carbocycles. The van der Waals surface area contributed by atoms with Gasteiger partial charge in [0.25, 0.3) is 0 Å². The van der Waals surface area contributed by atoms with Crippen LogP contribution in [0.5, 0.6) is 0 Å². The highest BCUT2D eigenvalue weighted by Gasteiger charge is 2.20. The minimum Gasteiger partial charge on any atom is -0.382 e. The van der Waals surface area contributed by atoms with Crippen LogP contribution >= 0.6 is 0 Å². The molecular formula is C23H19F2N9. The third kappa shape index (κ3) is 4.01. The van der Waals surface area contributed by atoms with Gasteiger partial charge in [-0.1, -0.05) is 36.4 Å². The summed E-state index contributed by atoms with van der Waals surface area (Å²) < 4.78 is 29.7. The summed E-state index contributed by atoms with van der Waals surface area (Å²) in [5, 5.41) is 4.84. The van der Waals surface area contributed by atoms with Crippen LogP contribution in [0.25, 0.3) is 22.6 Å². The van der Waals surface area contributed by atoms with E-state index in [1.807, 2.05) is 30.3 Å². The summed E-state index contributed by atoms with van der Waals surface area (Å²) >= 11 is 0. The molecule has 0 radical (unpaired) electrons. The van der Waals surface area contributed by atoms with Crippen molar-refractivity contribution in [1.29, 1.82) is 0 Å². The normalized spacial score (nSPS) is 11.0.